The molecule has 0 radical (unpaired) electrons. The molecule has 1 N–H and O–H groups in total. The minimum atomic E-state index is -3.01. The largest absolute Gasteiger partial charge is 0.357 e. The van der Waals surface area contributed by atoms with Crippen LogP contribution in [-0.2, 0) is 9.84 Å². The molecule has 0 spiro atoms. The van der Waals surface area contributed by atoms with E-state index < -0.39 is 14.6 Å². The third-order valence-corrected chi connectivity index (χ3v) is 6.49. The Morgan fingerprint density at radius 2 is 2.00 bits per heavy atom. The van der Waals surface area contributed by atoms with Crippen molar-refractivity contribution in [2.45, 2.75) is 32.4 Å². The Morgan fingerprint density at radius 1 is 1.36 bits per heavy atom. The molecule has 0 atom stereocenters. The molecule has 22 heavy (non-hydrogen) atoms. The summed E-state index contributed by atoms with van der Waals surface area (Å²) in [5, 5.41) is 3.27. The van der Waals surface area contributed by atoms with Crippen LogP contribution in [0.4, 0.5) is 0 Å². The van der Waals surface area contributed by atoms with Gasteiger partial charge in [-0.3, -0.25) is 4.99 Å². The fourth-order valence-electron chi connectivity index (χ4n) is 2.24. The van der Waals surface area contributed by atoms with Crippen LogP contribution >= 0.6 is 24.0 Å². The first-order chi connectivity index (χ1) is 9.73. The maximum Gasteiger partial charge on any atom is 0.194 e. The molecule has 8 heteroatoms. The van der Waals surface area contributed by atoms with Gasteiger partial charge in [0.1, 0.15) is 0 Å². The summed E-state index contributed by atoms with van der Waals surface area (Å²) in [6.45, 7) is 12.1. The topological polar surface area (TPSA) is 65.0 Å². The number of sulfone groups is 1. The van der Waals surface area contributed by atoms with Gasteiger partial charge in [0.05, 0.1) is 17.0 Å². The lowest BCUT2D eigenvalue weighted by molar-refractivity contribution is 0.346. The summed E-state index contributed by atoms with van der Waals surface area (Å²) in [6.07, 6.45) is 0. The maximum absolute atomic E-state index is 12.1. The van der Waals surface area contributed by atoms with Crippen molar-refractivity contribution in [3.05, 3.63) is 0 Å². The molecular weight excluding hydrogens is 415 g/mol. The fourth-order valence-corrected chi connectivity index (χ4v) is 3.60. The van der Waals surface area contributed by atoms with E-state index in [-0.39, 0.29) is 29.7 Å². The first-order valence-corrected chi connectivity index (χ1v) is 9.33. The minimum Gasteiger partial charge on any atom is -0.357 e. The summed E-state index contributed by atoms with van der Waals surface area (Å²) >= 11 is 0. The third kappa shape index (κ3) is 5.84. The van der Waals surface area contributed by atoms with Crippen LogP contribution in [0.1, 0.15) is 27.7 Å². The molecule has 1 saturated heterocycles. The second kappa shape index (κ2) is 9.27. The zero-order valence-electron chi connectivity index (χ0n) is 14.4. The highest BCUT2D eigenvalue weighted by Crippen LogP contribution is 2.23. The van der Waals surface area contributed by atoms with Crippen LogP contribution in [0.5, 0.6) is 0 Å². The summed E-state index contributed by atoms with van der Waals surface area (Å²) in [5.41, 5.74) is 0. The van der Waals surface area contributed by atoms with E-state index in [1.54, 1.807) is 13.8 Å². The van der Waals surface area contributed by atoms with Crippen LogP contribution in [0.15, 0.2) is 4.99 Å². The lowest BCUT2D eigenvalue weighted by Crippen LogP contribution is -2.57. The molecular formula is C14H31IN4O2S. The van der Waals surface area contributed by atoms with Gasteiger partial charge in [-0.2, -0.15) is 0 Å². The SMILES string of the molecule is CCNC(=NCCN(C)CC)N1CCS(=O)(=O)C(C)(C)C1.I. The number of likely N-dealkylation sites (N-methyl/N-ethyl adjacent to an activating group) is 1. The molecule has 1 heterocycles. The van der Waals surface area contributed by atoms with Gasteiger partial charge in [0.2, 0.25) is 0 Å². The van der Waals surface area contributed by atoms with E-state index >= 15 is 0 Å². The molecule has 1 rings (SSSR count). The van der Waals surface area contributed by atoms with Gasteiger partial charge in [-0.1, -0.05) is 6.92 Å². The molecule has 1 fully saturated rings. The van der Waals surface area contributed by atoms with E-state index in [1.165, 1.54) is 0 Å². The van der Waals surface area contributed by atoms with Gasteiger partial charge in [0.25, 0.3) is 0 Å². The molecule has 0 aliphatic carbocycles. The average molecular weight is 446 g/mol. The van der Waals surface area contributed by atoms with Gasteiger partial charge in [-0.15, -0.1) is 24.0 Å². The predicted molar refractivity (Wildman–Crippen MR) is 104 cm³/mol. The van der Waals surface area contributed by atoms with E-state index in [4.69, 9.17) is 0 Å². The molecule has 0 bridgehead atoms. The van der Waals surface area contributed by atoms with Crippen LogP contribution in [0.3, 0.4) is 0 Å². The van der Waals surface area contributed by atoms with Gasteiger partial charge in [-0.25, -0.2) is 8.42 Å². The van der Waals surface area contributed by atoms with Crippen molar-refractivity contribution in [1.82, 2.24) is 15.1 Å². The summed E-state index contributed by atoms with van der Waals surface area (Å²) in [6, 6.07) is 0. The molecule has 6 nitrogen and oxygen atoms in total. The summed E-state index contributed by atoms with van der Waals surface area (Å²) < 4.78 is 23.4. The van der Waals surface area contributed by atoms with Crippen LogP contribution in [0.2, 0.25) is 0 Å². The lowest BCUT2D eigenvalue weighted by Gasteiger charge is -2.39. The summed E-state index contributed by atoms with van der Waals surface area (Å²) in [4.78, 5) is 8.91. The van der Waals surface area contributed by atoms with Crippen molar-refractivity contribution in [1.29, 1.82) is 0 Å². The molecule has 0 aromatic rings. The summed E-state index contributed by atoms with van der Waals surface area (Å²) in [7, 11) is -0.944. The molecule has 0 unspecified atom stereocenters. The van der Waals surface area contributed by atoms with Gasteiger partial charge in [-0.05, 0) is 34.4 Å². The maximum atomic E-state index is 12.1. The molecule has 1 aliphatic heterocycles. The van der Waals surface area contributed by atoms with E-state index in [0.29, 0.717) is 13.1 Å². The van der Waals surface area contributed by atoms with E-state index in [9.17, 15) is 8.42 Å². The van der Waals surface area contributed by atoms with E-state index in [0.717, 1.165) is 32.1 Å². The second-order valence-corrected chi connectivity index (χ2v) is 8.87. The Labute approximate surface area is 152 Å². The number of halogens is 1. The zero-order valence-corrected chi connectivity index (χ0v) is 17.6. The van der Waals surface area contributed by atoms with Crippen LogP contribution in [-0.4, -0.2) is 81.0 Å². The third-order valence-electron chi connectivity index (χ3n) is 3.96. The molecule has 1 aliphatic rings. The van der Waals surface area contributed by atoms with Crippen LogP contribution in [0.25, 0.3) is 0 Å². The fraction of sp³-hybridized carbons (Fsp3) is 0.929. The smallest absolute Gasteiger partial charge is 0.194 e. The highest BCUT2D eigenvalue weighted by molar-refractivity contribution is 14.0. The van der Waals surface area contributed by atoms with Crippen molar-refractivity contribution in [3.8, 4) is 0 Å². The quantitative estimate of drug-likeness (QED) is 0.388. The van der Waals surface area contributed by atoms with Gasteiger partial charge >= 0.3 is 0 Å². The normalized spacial score (nSPS) is 20.6. The number of nitrogens with zero attached hydrogens (tertiary/aromatic N) is 3. The number of hydrogen-bond acceptors (Lipinski definition) is 4. The van der Waals surface area contributed by atoms with Gasteiger partial charge < -0.3 is 15.1 Å². The first-order valence-electron chi connectivity index (χ1n) is 7.67. The van der Waals surface area contributed by atoms with E-state index in [1.807, 2.05) is 6.92 Å². The minimum absolute atomic E-state index is 0. The molecule has 0 aromatic carbocycles. The number of hydrogen-bond donors (Lipinski definition) is 1. The second-order valence-electron chi connectivity index (χ2n) is 6.13. The number of nitrogens with one attached hydrogen (secondary N) is 1. The number of rotatable bonds is 5. The Morgan fingerprint density at radius 3 is 2.50 bits per heavy atom. The summed E-state index contributed by atoms with van der Waals surface area (Å²) in [5.74, 6) is 1.02. The van der Waals surface area contributed by atoms with Crippen molar-refractivity contribution in [2.24, 2.45) is 4.99 Å². The number of aliphatic imine (C=N–C) groups is 1. The van der Waals surface area contributed by atoms with Crippen molar-refractivity contribution in [2.75, 3.05) is 52.1 Å². The molecule has 132 valence electrons. The molecule has 0 aromatic heterocycles. The Bertz CT molecular complexity index is 465. The first kappa shape index (κ1) is 21.9. The standard InChI is InChI=1S/C14H30N4O2S.HI/c1-6-15-13(16-8-9-17(5)7-2)18-10-11-21(19,20)14(3,4)12-18;/h6-12H2,1-5H3,(H,15,16);1H. The van der Waals surface area contributed by atoms with Crippen molar-refractivity contribution >= 4 is 39.8 Å². The highest BCUT2D eigenvalue weighted by Gasteiger charge is 2.40. The van der Waals surface area contributed by atoms with Gasteiger partial charge in [0.15, 0.2) is 15.8 Å². The monoisotopic (exact) mass is 446 g/mol. The van der Waals surface area contributed by atoms with Crippen molar-refractivity contribution in [3.63, 3.8) is 0 Å². The van der Waals surface area contributed by atoms with Crippen LogP contribution < -0.4 is 5.32 Å². The van der Waals surface area contributed by atoms with Gasteiger partial charge in [0, 0.05) is 26.2 Å². The highest BCUT2D eigenvalue weighted by atomic mass is 127. The molecule has 0 saturated carbocycles. The Balaban J connectivity index is 0.00000441. The number of guanidine groups is 1. The Kier molecular flexibility index (Phi) is 9.23. The Hall–Kier alpha value is -0.0900. The average Bonchev–Trinajstić information content (AvgIpc) is 2.40. The van der Waals surface area contributed by atoms with E-state index in [2.05, 4.69) is 34.1 Å². The zero-order chi connectivity index (χ0) is 16.1. The predicted octanol–water partition coefficient (Wildman–Crippen LogP) is 1.03. The molecule has 0 amide bonds. The van der Waals surface area contributed by atoms with Crippen molar-refractivity contribution < 1.29 is 8.42 Å². The van der Waals surface area contributed by atoms with Crippen LogP contribution in [0, 0.1) is 0 Å². The lowest BCUT2D eigenvalue weighted by atomic mass is 10.2.